The molecule has 10 atom stereocenters. The fraction of sp³-hybridized carbons (Fsp3) is 0.720. The van der Waals surface area contributed by atoms with Crippen molar-refractivity contribution in [2.75, 3.05) is 26.4 Å². The zero-order valence-corrected chi connectivity index (χ0v) is 19.8. The van der Waals surface area contributed by atoms with Crippen LogP contribution in [-0.4, -0.2) is 67.4 Å². The van der Waals surface area contributed by atoms with Gasteiger partial charge in [0.2, 0.25) is 0 Å². The molecule has 36 heavy (non-hydrogen) atoms. The lowest BCUT2D eigenvalue weighted by molar-refractivity contribution is -0.384. The smallest absolute Gasteiger partial charge is 0.430 e. The van der Waals surface area contributed by atoms with Gasteiger partial charge in [0.05, 0.1) is 37.5 Å². The van der Waals surface area contributed by atoms with Crippen molar-refractivity contribution in [1.82, 2.24) is 0 Å². The van der Waals surface area contributed by atoms with Crippen molar-refractivity contribution in [2.45, 2.75) is 50.5 Å². The first-order valence-corrected chi connectivity index (χ1v) is 12.8. The number of nitro benzene ring substituents is 1. The molecule has 0 aromatic heterocycles. The summed E-state index contributed by atoms with van der Waals surface area (Å²) < 4.78 is 33.1. The number of non-ortho nitro benzene ring substituents is 1. The highest BCUT2D eigenvalue weighted by Gasteiger charge is 2.53. The summed E-state index contributed by atoms with van der Waals surface area (Å²) in [4.78, 5) is 22.2. The van der Waals surface area contributed by atoms with Crippen LogP contribution in [0.1, 0.15) is 25.7 Å². The van der Waals surface area contributed by atoms with Crippen molar-refractivity contribution >= 4 is 11.8 Å². The van der Waals surface area contributed by atoms with Gasteiger partial charge in [-0.3, -0.25) is 10.1 Å². The molecule has 0 spiro atoms. The average molecular weight is 506 g/mol. The zero-order chi connectivity index (χ0) is 24.8. The van der Waals surface area contributed by atoms with Gasteiger partial charge in [0.1, 0.15) is 11.9 Å². The van der Waals surface area contributed by atoms with Gasteiger partial charge in [-0.25, -0.2) is 4.79 Å². The molecule has 1 aromatic carbocycles. The molecule has 6 aliphatic heterocycles. The summed E-state index contributed by atoms with van der Waals surface area (Å²) in [5, 5.41) is 20.5. The van der Waals surface area contributed by atoms with Crippen LogP contribution in [0.15, 0.2) is 24.3 Å². The van der Waals surface area contributed by atoms with Gasteiger partial charge >= 0.3 is 6.16 Å². The van der Waals surface area contributed by atoms with Crippen molar-refractivity contribution in [2.24, 2.45) is 35.5 Å². The Morgan fingerprint density at radius 3 is 2.11 bits per heavy atom. The molecular formula is C25H31NO10. The number of ether oxygens (including phenoxy) is 6. The molecule has 11 nitrogen and oxygen atoms in total. The lowest BCUT2D eigenvalue weighted by Gasteiger charge is -2.35. The van der Waals surface area contributed by atoms with E-state index >= 15 is 0 Å². The molecule has 196 valence electrons. The van der Waals surface area contributed by atoms with Gasteiger partial charge in [-0.1, -0.05) is 0 Å². The van der Waals surface area contributed by atoms with Crippen molar-refractivity contribution < 1.29 is 43.2 Å². The van der Waals surface area contributed by atoms with Crippen LogP contribution in [0.25, 0.3) is 0 Å². The topological polar surface area (TPSA) is 136 Å². The summed E-state index contributed by atoms with van der Waals surface area (Å²) in [6.45, 7) is 2.44. The third-order valence-electron chi connectivity index (χ3n) is 8.68. The second-order valence-electron chi connectivity index (χ2n) is 10.6. The SMILES string of the molecule is O=C(Oc1ccc([N+](=O)[O-])cc1)OC1C2CCC3C(OC2)OCC31.OC1C2CCC3C(OC2)OCC13. The molecule has 8 fully saturated rings. The maximum atomic E-state index is 12.1. The highest BCUT2D eigenvalue weighted by Crippen LogP contribution is 2.47. The Balaban J connectivity index is 0.000000166. The highest BCUT2D eigenvalue weighted by atomic mass is 16.7. The monoisotopic (exact) mass is 505 g/mol. The van der Waals surface area contributed by atoms with Gasteiger partial charge in [-0.15, -0.1) is 0 Å². The van der Waals surface area contributed by atoms with Crippen molar-refractivity contribution in [3.63, 3.8) is 0 Å². The summed E-state index contributed by atoms with van der Waals surface area (Å²) in [6, 6.07) is 5.30. The lowest BCUT2D eigenvalue weighted by Crippen LogP contribution is -2.42. The molecule has 2 saturated carbocycles. The van der Waals surface area contributed by atoms with E-state index in [0.29, 0.717) is 44.2 Å². The minimum atomic E-state index is -0.801. The summed E-state index contributed by atoms with van der Waals surface area (Å²) in [5.41, 5.74) is -0.0666. The van der Waals surface area contributed by atoms with E-state index in [1.165, 1.54) is 30.7 Å². The van der Waals surface area contributed by atoms with E-state index in [0.717, 1.165) is 19.3 Å². The number of aliphatic hydroxyl groups excluding tert-OH is 1. The van der Waals surface area contributed by atoms with Crippen LogP contribution in [-0.2, 0) is 23.7 Å². The van der Waals surface area contributed by atoms with E-state index in [1.54, 1.807) is 0 Å². The average Bonchev–Trinajstić information content (AvgIpc) is 3.25. The van der Waals surface area contributed by atoms with Gasteiger partial charge in [-0.05, 0) is 37.8 Å². The molecule has 11 heteroatoms. The van der Waals surface area contributed by atoms with E-state index < -0.39 is 11.1 Å². The first kappa shape index (κ1) is 24.1. The standard InChI is InChI=1S/C16H17NO7.C9H14O3/c18-16(23-11-4-2-10(3-5-11)17(19)20)24-14-9-1-6-12-13(14)8-22-15(12)21-7-9;10-8-5-1-2-6-7(8)4-12-9(6)11-3-5/h2-5,9,12-15H,1,6-8H2;5-10H,1-4H2. The molecule has 1 N–H and O–H groups in total. The van der Waals surface area contributed by atoms with E-state index in [2.05, 4.69) is 0 Å². The van der Waals surface area contributed by atoms with E-state index in [1.807, 2.05) is 0 Å². The Bertz CT molecular complexity index is 970. The molecule has 1 aromatic rings. The number of nitro groups is 1. The molecule has 10 unspecified atom stereocenters. The molecule has 2 aliphatic carbocycles. The normalized spacial score (nSPS) is 41.6. The second kappa shape index (κ2) is 9.86. The van der Waals surface area contributed by atoms with Crippen LogP contribution in [0, 0.1) is 45.6 Å². The van der Waals surface area contributed by atoms with Crippen molar-refractivity contribution in [3.8, 4) is 5.75 Å². The largest absolute Gasteiger partial charge is 0.514 e. The number of benzene rings is 1. The summed E-state index contributed by atoms with van der Waals surface area (Å²) in [7, 11) is 0. The maximum absolute atomic E-state index is 12.1. The summed E-state index contributed by atoms with van der Waals surface area (Å²) >= 11 is 0. The zero-order valence-electron chi connectivity index (χ0n) is 19.8. The van der Waals surface area contributed by atoms with Gasteiger partial charge in [0, 0.05) is 47.6 Å². The minimum absolute atomic E-state index is 0.00264. The number of rotatable bonds is 3. The van der Waals surface area contributed by atoms with Gasteiger partial charge in [0.25, 0.3) is 5.69 Å². The quantitative estimate of drug-likeness (QED) is 0.283. The third-order valence-corrected chi connectivity index (χ3v) is 8.68. The molecule has 6 saturated heterocycles. The predicted octanol–water partition coefficient (Wildman–Crippen LogP) is 2.88. The maximum Gasteiger partial charge on any atom is 0.514 e. The van der Waals surface area contributed by atoms with Crippen molar-refractivity contribution in [3.05, 3.63) is 34.4 Å². The molecule has 8 aliphatic rings. The van der Waals surface area contributed by atoms with E-state index in [9.17, 15) is 20.0 Å². The fourth-order valence-electron chi connectivity index (χ4n) is 6.74. The summed E-state index contributed by atoms with van der Waals surface area (Å²) in [6.07, 6.45) is 2.83. The fourth-order valence-corrected chi connectivity index (χ4v) is 6.74. The Labute approximate surface area is 208 Å². The van der Waals surface area contributed by atoms with Gasteiger partial charge < -0.3 is 33.5 Å². The second-order valence-corrected chi connectivity index (χ2v) is 10.6. The van der Waals surface area contributed by atoms with Crippen LogP contribution in [0.3, 0.4) is 0 Å². The number of hydrogen-bond acceptors (Lipinski definition) is 10. The molecule has 0 radical (unpaired) electrons. The number of aliphatic hydroxyl groups is 1. The Morgan fingerprint density at radius 1 is 0.833 bits per heavy atom. The highest BCUT2D eigenvalue weighted by molar-refractivity contribution is 5.64. The van der Waals surface area contributed by atoms with Crippen LogP contribution in [0.4, 0.5) is 10.5 Å². The van der Waals surface area contributed by atoms with Crippen LogP contribution in [0.2, 0.25) is 0 Å². The number of carbonyl (C=O) groups excluding carboxylic acids is 1. The minimum Gasteiger partial charge on any atom is -0.430 e. The number of fused-ring (bicyclic) bond motifs is 4. The predicted molar refractivity (Wildman–Crippen MR) is 121 cm³/mol. The van der Waals surface area contributed by atoms with E-state index in [4.69, 9.17) is 28.4 Å². The molecule has 6 heterocycles. The Morgan fingerprint density at radius 2 is 1.42 bits per heavy atom. The van der Waals surface area contributed by atoms with Crippen LogP contribution in [0.5, 0.6) is 5.75 Å². The van der Waals surface area contributed by atoms with Crippen LogP contribution < -0.4 is 4.74 Å². The Kier molecular flexibility index (Phi) is 6.59. The molecule has 0 amide bonds. The first-order chi connectivity index (χ1) is 17.5. The van der Waals surface area contributed by atoms with Crippen molar-refractivity contribution in [1.29, 1.82) is 0 Å². The number of nitrogens with zero attached hydrogens (tertiary/aromatic N) is 1. The first-order valence-electron chi connectivity index (χ1n) is 12.8. The van der Waals surface area contributed by atoms with Crippen LogP contribution >= 0.6 is 0 Å². The van der Waals surface area contributed by atoms with Gasteiger partial charge in [-0.2, -0.15) is 0 Å². The Hall–Kier alpha value is -2.31. The third kappa shape index (κ3) is 4.47. The number of hydrogen-bond donors (Lipinski definition) is 1. The molecular weight excluding hydrogens is 474 g/mol. The lowest BCUT2D eigenvalue weighted by atomic mass is 9.74. The summed E-state index contributed by atoms with van der Waals surface area (Å²) in [5.74, 6) is 1.97. The van der Waals surface area contributed by atoms with E-state index in [-0.39, 0.29) is 54.0 Å². The molecule has 8 bridgehead atoms. The van der Waals surface area contributed by atoms with Gasteiger partial charge in [0.15, 0.2) is 12.6 Å². The number of carbonyl (C=O) groups is 1. The molecule has 9 rings (SSSR count).